The largest absolute Gasteiger partial charge is 0.432 e. The molecule has 10 nitrogen and oxygen atoms in total. The van der Waals surface area contributed by atoms with Crippen molar-refractivity contribution in [3.05, 3.63) is 42.0 Å². The maximum Gasteiger partial charge on any atom is 0.229 e. The number of aromatic amines is 1. The van der Waals surface area contributed by atoms with E-state index >= 15 is 0 Å². The Bertz CT molecular complexity index is 1570. The maximum absolute atomic E-state index is 14.5. The molecular formula is C25H25FN8O2. The minimum Gasteiger partial charge on any atom is -0.432 e. The first-order valence-electron chi connectivity index (χ1n) is 12.2. The van der Waals surface area contributed by atoms with E-state index in [0.29, 0.717) is 65.8 Å². The Balaban J connectivity index is 1.40. The fourth-order valence-corrected chi connectivity index (χ4v) is 5.05. The lowest BCUT2D eigenvalue weighted by Gasteiger charge is -2.27. The molecular weight excluding hydrogens is 463 g/mol. The highest BCUT2D eigenvalue weighted by atomic mass is 19.1. The van der Waals surface area contributed by atoms with E-state index in [1.807, 2.05) is 12.1 Å². The van der Waals surface area contributed by atoms with Crippen molar-refractivity contribution in [2.24, 2.45) is 0 Å². The first-order valence-corrected chi connectivity index (χ1v) is 12.2. The maximum atomic E-state index is 14.5. The molecule has 0 amide bonds. The summed E-state index contributed by atoms with van der Waals surface area (Å²) in [4.78, 5) is 19.1. The minimum atomic E-state index is -0.380. The number of hydrogen-bond donors (Lipinski definition) is 2. The quantitative estimate of drug-likeness (QED) is 0.395. The third-order valence-corrected chi connectivity index (χ3v) is 6.89. The fourth-order valence-electron chi connectivity index (χ4n) is 5.05. The highest BCUT2D eigenvalue weighted by molar-refractivity contribution is 6.06. The second-order valence-electron chi connectivity index (χ2n) is 9.22. The fraction of sp³-hybridized carbons (Fsp3) is 0.360. The predicted octanol–water partition coefficient (Wildman–Crippen LogP) is 2.70. The molecule has 0 spiro atoms. The number of rotatable bonds is 4. The second-order valence-corrected chi connectivity index (χ2v) is 9.22. The number of morpholine rings is 1. The average Bonchev–Trinajstić information content (AvgIpc) is 3.53. The van der Waals surface area contributed by atoms with E-state index in [-0.39, 0.29) is 5.82 Å². The van der Waals surface area contributed by atoms with Gasteiger partial charge in [-0.1, -0.05) is 0 Å². The van der Waals surface area contributed by atoms with Crippen molar-refractivity contribution in [3.63, 3.8) is 0 Å². The van der Waals surface area contributed by atoms with E-state index < -0.39 is 0 Å². The normalized spacial score (nSPS) is 17.5. The molecule has 1 aromatic carbocycles. The number of benzene rings is 1. The number of aromatic nitrogens is 5. The van der Waals surface area contributed by atoms with Crippen molar-refractivity contribution in [1.82, 2.24) is 35.4 Å². The summed E-state index contributed by atoms with van der Waals surface area (Å²) in [6.07, 6.45) is 1.67. The lowest BCUT2D eigenvalue weighted by molar-refractivity contribution is 0.122. The molecule has 2 aliphatic heterocycles. The van der Waals surface area contributed by atoms with Crippen molar-refractivity contribution in [2.75, 3.05) is 57.4 Å². The number of fused-ring (bicyclic) bond motifs is 4. The molecule has 7 rings (SSSR count). The van der Waals surface area contributed by atoms with Crippen LogP contribution in [-0.4, -0.2) is 82.5 Å². The van der Waals surface area contributed by atoms with Gasteiger partial charge in [0, 0.05) is 56.8 Å². The van der Waals surface area contributed by atoms with Gasteiger partial charge >= 0.3 is 0 Å². The standard InChI is InChI=1S/C25H25FN8O2/c26-15-11-18(19-13-28-32-20(19)12-15)23-30-21-17-2-1-16(14-33-5-3-27-4-6-33)29-25(17)36-22(21)24(31-23)34-7-9-35-10-8-34/h1-2,11-13,27H,3-10,14H2,(H,28,32). The van der Waals surface area contributed by atoms with Gasteiger partial charge in [-0.05, 0) is 24.3 Å². The Kier molecular flexibility index (Phi) is 5.26. The number of furan rings is 1. The number of piperazine rings is 1. The SMILES string of the molecule is Fc1cc(-c2nc(N3CCOCC3)c3oc4nc(CN5CCNCC5)ccc4c3n2)c2cn[nH]c2c1. The summed E-state index contributed by atoms with van der Waals surface area (Å²) in [6.45, 7) is 7.27. The molecule has 0 aliphatic carbocycles. The van der Waals surface area contributed by atoms with Gasteiger partial charge in [-0.2, -0.15) is 5.10 Å². The summed E-state index contributed by atoms with van der Waals surface area (Å²) in [6, 6.07) is 6.93. The van der Waals surface area contributed by atoms with Crippen LogP contribution < -0.4 is 10.2 Å². The number of nitrogens with one attached hydrogen (secondary N) is 2. The first kappa shape index (κ1) is 21.6. The van der Waals surface area contributed by atoms with E-state index in [4.69, 9.17) is 24.1 Å². The Morgan fingerprint density at radius 1 is 0.972 bits per heavy atom. The smallest absolute Gasteiger partial charge is 0.229 e. The van der Waals surface area contributed by atoms with Crippen molar-refractivity contribution >= 4 is 38.9 Å². The summed E-state index contributed by atoms with van der Waals surface area (Å²) in [5, 5.41) is 11.9. The van der Waals surface area contributed by atoms with Crippen LogP contribution in [0.4, 0.5) is 10.2 Å². The summed E-state index contributed by atoms with van der Waals surface area (Å²) >= 11 is 0. The Morgan fingerprint density at radius 3 is 2.69 bits per heavy atom. The molecule has 6 heterocycles. The number of anilines is 1. The van der Waals surface area contributed by atoms with Gasteiger partial charge in [-0.3, -0.25) is 10.00 Å². The van der Waals surface area contributed by atoms with E-state index in [2.05, 4.69) is 25.3 Å². The van der Waals surface area contributed by atoms with Crippen molar-refractivity contribution in [1.29, 1.82) is 0 Å². The third kappa shape index (κ3) is 3.76. The highest BCUT2D eigenvalue weighted by Gasteiger charge is 2.24. The zero-order chi connectivity index (χ0) is 24.1. The molecule has 0 bridgehead atoms. The summed E-state index contributed by atoms with van der Waals surface area (Å²) < 4.78 is 26.4. The van der Waals surface area contributed by atoms with Gasteiger partial charge in [0.1, 0.15) is 11.3 Å². The van der Waals surface area contributed by atoms with Gasteiger partial charge in [-0.15, -0.1) is 0 Å². The molecule has 0 radical (unpaired) electrons. The number of ether oxygens (including phenoxy) is 1. The molecule has 0 unspecified atom stereocenters. The number of pyridine rings is 1. The van der Waals surface area contributed by atoms with Crippen LogP contribution in [0.25, 0.3) is 44.5 Å². The Labute approximate surface area is 205 Å². The molecule has 5 aromatic rings. The molecule has 184 valence electrons. The molecule has 4 aromatic heterocycles. The topological polar surface area (TPSA) is 108 Å². The average molecular weight is 489 g/mol. The number of halogens is 1. The molecule has 11 heteroatoms. The molecule has 2 saturated heterocycles. The molecule has 0 saturated carbocycles. The molecule has 2 aliphatic rings. The predicted molar refractivity (Wildman–Crippen MR) is 133 cm³/mol. The van der Waals surface area contributed by atoms with Crippen LogP contribution in [-0.2, 0) is 11.3 Å². The number of hydrogen-bond acceptors (Lipinski definition) is 9. The van der Waals surface area contributed by atoms with Gasteiger partial charge < -0.3 is 19.4 Å². The van der Waals surface area contributed by atoms with Crippen LogP contribution in [0.15, 0.2) is 34.9 Å². The lowest BCUT2D eigenvalue weighted by atomic mass is 10.1. The van der Waals surface area contributed by atoms with Crippen molar-refractivity contribution in [3.8, 4) is 11.4 Å². The Hall–Kier alpha value is -3.67. The highest BCUT2D eigenvalue weighted by Crippen LogP contribution is 2.36. The number of H-pyrrole nitrogens is 1. The number of nitrogens with zero attached hydrogens (tertiary/aromatic N) is 6. The monoisotopic (exact) mass is 488 g/mol. The third-order valence-electron chi connectivity index (χ3n) is 6.89. The molecule has 36 heavy (non-hydrogen) atoms. The van der Waals surface area contributed by atoms with Crippen LogP contribution in [0.5, 0.6) is 0 Å². The van der Waals surface area contributed by atoms with E-state index in [1.165, 1.54) is 12.1 Å². The van der Waals surface area contributed by atoms with E-state index in [1.54, 1.807) is 6.20 Å². The van der Waals surface area contributed by atoms with Crippen LogP contribution in [0.2, 0.25) is 0 Å². The van der Waals surface area contributed by atoms with Crippen molar-refractivity contribution in [2.45, 2.75) is 6.54 Å². The van der Waals surface area contributed by atoms with Crippen LogP contribution in [0.3, 0.4) is 0 Å². The van der Waals surface area contributed by atoms with Crippen LogP contribution >= 0.6 is 0 Å². The first-order chi connectivity index (χ1) is 17.7. The zero-order valence-electron chi connectivity index (χ0n) is 19.6. The van der Waals surface area contributed by atoms with Crippen molar-refractivity contribution < 1.29 is 13.5 Å². The van der Waals surface area contributed by atoms with Gasteiger partial charge in [0.05, 0.1) is 36.0 Å². The van der Waals surface area contributed by atoms with Gasteiger partial charge in [0.2, 0.25) is 5.71 Å². The van der Waals surface area contributed by atoms with E-state index in [9.17, 15) is 4.39 Å². The summed E-state index contributed by atoms with van der Waals surface area (Å²) in [5.74, 6) is 0.706. The van der Waals surface area contributed by atoms with Crippen LogP contribution in [0.1, 0.15) is 5.69 Å². The Morgan fingerprint density at radius 2 is 1.83 bits per heavy atom. The van der Waals surface area contributed by atoms with Gasteiger partial charge in [0.15, 0.2) is 17.2 Å². The summed E-state index contributed by atoms with van der Waals surface area (Å²) in [7, 11) is 0. The molecule has 2 N–H and O–H groups in total. The molecule has 2 fully saturated rings. The lowest BCUT2D eigenvalue weighted by Crippen LogP contribution is -2.43. The molecule has 0 atom stereocenters. The van der Waals surface area contributed by atoms with Gasteiger partial charge in [0.25, 0.3) is 0 Å². The summed E-state index contributed by atoms with van der Waals surface area (Å²) in [5.41, 5.74) is 3.91. The minimum absolute atomic E-state index is 0.380. The second kappa shape index (κ2) is 8.77. The zero-order valence-corrected chi connectivity index (χ0v) is 19.6. The van der Waals surface area contributed by atoms with Crippen LogP contribution in [0, 0.1) is 5.82 Å². The van der Waals surface area contributed by atoms with Gasteiger partial charge in [-0.25, -0.2) is 19.3 Å². The van der Waals surface area contributed by atoms with E-state index in [0.717, 1.165) is 49.2 Å².